The van der Waals surface area contributed by atoms with Crippen molar-refractivity contribution in [1.82, 2.24) is 15.3 Å². The van der Waals surface area contributed by atoms with Crippen molar-refractivity contribution in [2.75, 3.05) is 31.6 Å². The van der Waals surface area contributed by atoms with Crippen molar-refractivity contribution >= 4 is 23.3 Å². The summed E-state index contributed by atoms with van der Waals surface area (Å²) in [7, 11) is 2.02. The quantitative estimate of drug-likeness (QED) is 0.740. The zero-order valence-corrected chi connectivity index (χ0v) is 16.1. The molecular formula is C20H23ClN4O2. The first-order chi connectivity index (χ1) is 13.1. The van der Waals surface area contributed by atoms with E-state index in [2.05, 4.69) is 15.2 Å². The summed E-state index contributed by atoms with van der Waals surface area (Å²) in [5, 5.41) is 3.59. The van der Waals surface area contributed by atoms with Crippen molar-refractivity contribution in [2.24, 2.45) is 0 Å². The van der Waals surface area contributed by atoms with E-state index < -0.39 is 0 Å². The van der Waals surface area contributed by atoms with Crippen molar-refractivity contribution in [3.8, 4) is 5.75 Å². The number of benzene rings is 1. The van der Waals surface area contributed by atoms with Crippen LogP contribution < -0.4 is 15.0 Å². The Bertz CT molecular complexity index is 837. The van der Waals surface area contributed by atoms with Gasteiger partial charge in [-0.25, -0.2) is 9.97 Å². The second kappa shape index (κ2) is 7.72. The maximum Gasteiger partial charge on any atom is 0.270 e. The molecule has 142 valence electrons. The molecule has 1 aliphatic heterocycles. The molecule has 6 nitrogen and oxygen atoms in total. The van der Waals surface area contributed by atoms with Crippen LogP contribution in [0.3, 0.4) is 0 Å². The number of rotatable bonds is 7. The van der Waals surface area contributed by atoms with Crippen LogP contribution in [0.25, 0.3) is 0 Å². The molecule has 1 fully saturated rings. The van der Waals surface area contributed by atoms with Crippen molar-refractivity contribution in [3.63, 3.8) is 0 Å². The summed E-state index contributed by atoms with van der Waals surface area (Å²) in [6.07, 6.45) is 3.84. The molecule has 0 bridgehead atoms. The number of fused-ring (bicyclic) bond motifs is 1. The Labute approximate surface area is 163 Å². The minimum atomic E-state index is -0.0822. The van der Waals surface area contributed by atoms with Gasteiger partial charge >= 0.3 is 0 Å². The van der Waals surface area contributed by atoms with Crippen LogP contribution in [-0.2, 0) is 6.42 Å². The summed E-state index contributed by atoms with van der Waals surface area (Å²) in [4.78, 5) is 23.7. The maximum atomic E-state index is 12.2. The van der Waals surface area contributed by atoms with Crippen molar-refractivity contribution in [1.29, 1.82) is 0 Å². The number of amides is 1. The number of carbonyl (C=O) groups excluding carboxylic acids is 1. The van der Waals surface area contributed by atoms with Crippen molar-refractivity contribution < 1.29 is 9.53 Å². The molecule has 1 amide bonds. The molecule has 1 aromatic carbocycles. The molecule has 2 aliphatic rings. The number of nitrogens with one attached hydrogen (secondary N) is 1. The second-order valence-electron chi connectivity index (χ2n) is 7.09. The van der Waals surface area contributed by atoms with Crippen LogP contribution >= 0.6 is 11.6 Å². The number of hydrogen-bond donors (Lipinski definition) is 1. The van der Waals surface area contributed by atoms with E-state index in [0.717, 1.165) is 55.2 Å². The molecule has 1 saturated carbocycles. The smallest absolute Gasteiger partial charge is 0.270 e. The Hall–Kier alpha value is -2.34. The van der Waals surface area contributed by atoms with Crippen molar-refractivity contribution in [3.05, 3.63) is 46.4 Å². The Morgan fingerprint density at radius 3 is 2.78 bits per heavy atom. The lowest BCUT2D eigenvalue weighted by Crippen LogP contribution is -2.35. The Balaban J connectivity index is 1.42. The Morgan fingerprint density at radius 2 is 2.04 bits per heavy atom. The highest BCUT2D eigenvalue weighted by Crippen LogP contribution is 2.39. The van der Waals surface area contributed by atoms with Crippen LogP contribution in [0.4, 0.5) is 5.82 Å². The van der Waals surface area contributed by atoms with Crippen LogP contribution in [0.2, 0.25) is 5.02 Å². The molecule has 1 aromatic heterocycles. The second-order valence-corrected chi connectivity index (χ2v) is 7.53. The molecule has 1 N–H and O–H groups in total. The lowest BCUT2D eigenvalue weighted by Gasteiger charge is -2.25. The predicted molar refractivity (Wildman–Crippen MR) is 105 cm³/mol. The molecule has 0 spiro atoms. The van der Waals surface area contributed by atoms with Gasteiger partial charge in [-0.3, -0.25) is 4.79 Å². The fourth-order valence-corrected chi connectivity index (χ4v) is 3.39. The first-order valence-electron chi connectivity index (χ1n) is 9.40. The number of ether oxygens (including phenoxy) is 1. The van der Waals surface area contributed by atoms with Gasteiger partial charge in [-0.1, -0.05) is 11.6 Å². The molecular weight excluding hydrogens is 364 g/mol. The number of aromatic nitrogens is 2. The maximum absolute atomic E-state index is 12.2. The monoisotopic (exact) mass is 386 g/mol. The highest BCUT2D eigenvalue weighted by molar-refractivity contribution is 6.30. The molecule has 7 heteroatoms. The average molecular weight is 387 g/mol. The first kappa shape index (κ1) is 18.0. The van der Waals surface area contributed by atoms with E-state index in [1.807, 2.05) is 31.3 Å². The van der Waals surface area contributed by atoms with E-state index >= 15 is 0 Å². The lowest BCUT2D eigenvalue weighted by atomic mass is 10.1. The van der Waals surface area contributed by atoms with Gasteiger partial charge in [0.1, 0.15) is 23.1 Å². The van der Waals surface area contributed by atoms with Crippen LogP contribution in [-0.4, -0.2) is 42.6 Å². The fourth-order valence-electron chi connectivity index (χ4n) is 3.26. The van der Waals surface area contributed by atoms with Crippen LogP contribution in [0.1, 0.15) is 47.1 Å². The zero-order chi connectivity index (χ0) is 18.8. The predicted octanol–water partition coefficient (Wildman–Crippen LogP) is 3.20. The molecule has 2 aromatic rings. The molecule has 27 heavy (non-hydrogen) atoms. The third-order valence-electron chi connectivity index (χ3n) is 4.90. The summed E-state index contributed by atoms with van der Waals surface area (Å²) in [5.74, 6) is 2.84. The lowest BCUT2D eigenvalue weighted by molar-refractivity contribution is 0.0940. The van der Waals surface area contributed by atoms with E-state index in [1.165, 1.54) is 0 Å². The van der Waals surface area contributed by atoms with E-state index in [0.29, 0.717) is 29.8 Å². The minimum absolute atomic E-state index is 0.0822. The molecule has 2 heterocycles. The number of halogens is 1. The summed E-state index contributed by atoms with van der Waals surface area (Å²) >= 11 is 5.89. The van der Waals surface area contributed by atoms with Gasteiger partial charge in [0.15, 0.2) is 0 Å². The number of hydrogen-bond acceptors (Lipinski definition) is 5. The van der Waals surface area contributed by atoms with Gasteiger partial charge < -0.3 is 15.0 Å². The number of anilines is 1. The molecule has 0 saturated heterocycles. The molecule has 0 unspecified atom stereocenters. The van der Waals surface area contributed by atoms with Crippen LogP contribution in [0.15, 0.2) is 24.3 Å². The molecule has 4 rings (SSSR count). The van der Waals surface area contributed by atoms with Gasteiger partial charge in [0.05, 0.1) is 6.61 Å². The fraction of sp³-hybridized carbons (Fsp3) is 0.450. The van der Waals surface area contributed by atoms with Crippen LogP contribution in [0.5, 0.6) is 5.75 Å². The summed E-state index contributed by atoms with van der Waals surface area (Å²) in [5.41, 5.74) is 1.52. The largest absolute Gasteiger partial charge is 0.494 e. The van der Waals surface area contributed by atoms with Gasteiger partial charge in [-0.15, -0.1) is 0 Å². The van der Waals surface area contributed by atoms with E-state index in [9.17, 15) is 4.79 Å². The summed E-state index contributed by atoms with van der Waals surface area (Å²) < 4.78 is 5.77. The average Bonchev–Trinajstić information content (AvgIpc) is 3.51. The van der Waals surface area contributed by atoms with Crippen LogP contribution in [0, 0.1) is 0 Å². The van der Waals surface area contributed by atoms with E-state index in [1.54, 1.807) is 0 Å². The SMILES string of the molecule is CN(CCCOc1ccc(Cl)cc1)c1nc(C2CC2)nc2c1CCNC2=O. The van der Waals surface area contributed by atoms with E-state index in [-0.39, 0.29) is 5.91 Å². The van der Waals surface area contributed by atoms with Crippen molar-refractivity contribution in [2.45, 2.75) is 31.6 Å². The Kier molecular flexibility index (Phi) is 5.16. The highest BCUT2D eigenvalue weighted by atomic mass is 35.5. The van der Waals surface area contributed by atoms with Gasteiger partial charge in [0, 0.05) is 36.6 Å². The normalized spacial score (nSPS) is 15.9. The summed E-state index contributed by atoms with van der Waals surface area (Å²) in [6, 6.07) is 7.38. The minimum Gasteiger partial charge on any atom is -0.494 e. The van der Waals surface area contributed by atoms with Gasteiger partial charge in [0.25, 0.3) is 5.91 Å². The Morgan fingerprint density at radius 1 is 1.26 bits per heavy atom. The molecule has 0 radical (unpaired) electrons. The number of carbonyl (C=O) groups is 1. The zero-order valence-electron chi connectivity index (χ0n) is 15.4. The molecule has 1 aliphatic carbocycles. The highest BCUT2D eigenvalue weighted by Gasteiger charge is 2.31. The third kappa shape index (κ3) is 4.16. The van der Waals surface area contributed by atoms with Gasteiger partial charge in [0.2, 0.25) is 0 Å². The first-order valence-corrected chi connectivity index (χ1v) is 9.78. The van der Waals surface area contributed by atoms with E-state index in [4.69, 9.17) is 21.3 Å². The third-order valence-corrected chi connectivity index (χ3v) is 5.15. The van der Waals surface area contributed by atoms with Gasteiger partial charge in [-0.05, 0) is 49.9 Å². The summed E-state index contributed by atoms with van der Waals surface area (Å²) in [6.45, 7) is 2.04. The number of nitrogens with zero attached hydrogens (tertiary/aromatic N) is 3. The molecule has 0 atom stereocenters. The topological polar surface area (TPSA) is 67.3 Å². The van der Waals surface area contributed by atoms with Gasteiger partial charge in [-0.2, -0.15) is 0 Å². The standard InChI is InChI=1S/C20H23ClN4O2/c1-25(11-2-12-27-15-7-5-14(21)6-8-15)19-16-9-10-22-20(26)17(16)23-18(24-19)13-3-4-13/h5-8,13H,2-4,9-12H2,1H3,(H,22,26).